The van der Waals surface area contributed by atoms with Gasteiger partial charge in [-0.1, -0.05) is 6.07 Å². The zero-order valence-corrected chi connectivity index (χ0v) is 8.27. The molecule has 0 unspecified atom stereocenters. The average Bonchev–Trinajstić information content (AvgIpc) is 2.17. The Bertz CT molecular complexity index is 375. The van der Waals surface area contributed by atoms with E-state index in [2.05, 4.69) is 4.98 Å². The van der Waals surface area contributed by atoms with Crippen LogP contribution in [-0.4, -0.2) is 28.6 Å². The van der Waals surface area contributed by atoms with Crippen LogP contribution in [-0.2, 0) is 16.0 Å². The van der Waals surface area contributed by atoms with E-state index in [0.29, 0.717) is 5.69 Å². The molecule has 1 N–H and O–H groups in total. The topological polar surface area (TPSA) is 76.5 Å². The van der Waals surface area contributed by atoms with Crippen LogP contribution in [0.3, 0.4) is 0 Å². The van der Waals surface area contributed by atoms with Gasteiger partial charge in [0.1, 0.15) is 5.69 Å². The van der Waals surface area contributed by atoms with Crippen LogP contribution in [0.2, 0.25) is 0 Å². The molecule has 0 saturated heterocycles. The van der Waals surface area contributed by atoms with Crippen LogP contribution in [0.5, 0.6) is 0 Å². The lowest BCUT2D eigenvalue weighted by Crippen LogP contribution is -2.10. The molecule has 0 aromatic carbocycles. The van der Waals surface area contributed by atoms with Crippen molar-refractivity contribution in [1.82, 2.24) is 4.98 Å². The number of carbonyl (C=O) groups is 2. The van der Waals surface area contributed by atoms with Crippen molar-refractivity contribution in [2.24, 2.45) is 0 Å². The third-order valence-corrected chi connectivity index (χ3v) is 1.62. The van der Waals surface area contributed by atoms with Gasteiger partial charge in [-0.25, -0.2) is 9.78 Å². The number of pyridine rings is 1. The second-order valence-corrected chi connectivity index (χ2v) is 2.81. The minimum atomic E-state index is -0.983. The Balaban J connectivity index is 2.82. The summed E-state index contributed by atoms with van der Waals surface area (Å²) in [5, 5.41) is 8.54. The molecule has 5 heteroatoms. The number of hydrogen-bond acceptors (Lipinski definition) is 4. The van der Waals surface area contributed by atoms with Gasteiger partial charge in [-0.05, 0) is 19.1 Å². The van der Waals surface area contributed by atoms with Crippen molar-refractivity contribution in [3.05, 3.63) is 29.6 Å². The normalized spacial score (nSPS) is 9.67. The number of aliphatic carboxylic acids is 1. The molecule has 5 nitrogen and oxygen atoms in total. The van der Waals surface area contributed by atoms with Crippen molar-refractivity contribution >= 4 is 11.9 Å². The molecule has 1 aromatic heterocycles. The van der Waals surface area contributed by atoms with E-state index in [1.54, 1.807) is 19.1 Å². The first-order valence-electron chi connectivity index (χ1n) is 4.48. The zero-order chi connectivity index (χ0) is 11.3. The fourth-order valence-corrected chi connectivity index (χ4v) is 1.05. The SMILES string of the molecule is CCOC(=O)c1cccc(CC(=O)O)n1. The molecule has 0 aliphatic rings. The maximum absolute atomic E-state index is 11.3. The summed E-state index contributed by atoms with van der Waals surface area (Å²) in [6.07, 6.45) is -0.201. The predicted molar refractivity (Wildman–Crippen MR) is 51.5 cm³/mol. The summed E-state index contributed by atoms with van der Waals surface area (Å²) in [5.41, 5.74) is 0.476. The van der Waals surface area contributed by atoms with Crippen molar-refractivity contribution in [2.75, 3.05) is 6.61 Å². The van der Waals surface area contributed by atoms with Gasteiger partial charge >= 0.3 is 11.9 Å². The molecule has 0 aliphatic heterocycles. The number of carboxylic acid groups (broad SMARTS) is 1. The Hall–Kier alpha value is -1.91. The van der Waals surface area contributed by atoms with Gasteiger partial charge in [0.25, 0.3) is 0 Å². The summed E-state index contributed by atoms with van der Waals surface area (Å²) in [6.45, 7) is 1.96. The van der Waals surface area contributed by atoms with E-state index >= 15 is 0 Å². The molecule has 0 spiro atoms. The third-order valence-electron chi connectivity index (χ3n) is 1.62. The molecule has 0 aliphatic carbocycles. The maximum Gasteiger partial charge on any atom is 0.356 e. The Kier molecular flexibility index (Phi) is 3.79. The van der Waals surface area contributed by atoms with E-state index in [0.717, 1.165) is 0 Å². The van der Waals surface area contributed by atoms with E-state index in [1.165, 1.54) is 6.07 Å². The summed E-state index contributed by atoms with van der Waals surface area (Å²) in [6, 6.07) is 4.62. The standard InChI is InChI=1S/C10H11NO4/c1-2-15-10(14)8-5-3-4-7(11-8)6-9(12)13/h3-5H,2,6H2,1H3,(H,12,13). The summed E-state index contributed by atoms with van der Waals surface area (Å²) in [7, 11) is 0. The Morgan fingerprint density at radius 1 is 1.47 bits per heavy atom. The summed E-state index contributed by atoms with van der Waals surface area (Å²) < 4.78 is 4.74. The van der Waals surface area contributed by atoms with Crippen LogP contribution in [0.4, 0.5) is 0 Å². The summed E-state index contributed by atoms with van der Waals surface area (Å²) >= 11 is 0. The van der Waals surface area contributed by atoms with Crippen molar-refractivity contribution in [1.29, 1.82) is 0 Å². The number of esters is 1. The number of ether oxygens (including phenoxy) is 1. The van der Waals surface area contributed by atoms with E-state index in [-0.39, 0.29) is 18.7 Å². The van der Waals surface area contributed by atoms with Crippen molar-refractivity contribution in [3.8, 4) is 0 Å². The predicted octanol–water partition coefficient (Wildman–Crippen LogP) is 0.885. The minimum absolute atomic E-state index is 0.135. The van der Waals surface area contributed by atoms with Gasteiger partial charge < -0.3 is 9.84 Å². The van der Waals surface area contributed by atoms with Gasteiger partial charge in [0, 0.05) is 0 Å². The highest BCUT2D eigenvalue weighted by Gasteiger charge is 2.09. The average molecular weight is 209 g/mol. The second kappa shape index (κ2) is 5.09. The van der Waals surface area contributed by atoms with E-state index < -0.39 is 11.9 Å². The Labute approximate surface area is 86.7 Å². The lowest BCUT2D eigenvalue weighted by molar-refractivity contribution is -0.136. The number of nitrogens with zero attached hydrogens (tertiary/aromatic N) is 1. The summed E-state index contributed by atoms with van der Waals surface area (Å²) in [5.74, 6) is -1.52. The molecule has 80 valence electrons. The van der Waals surface area contributed by atoms with Gasteiger partial charge in [-0.2, -0.15) is 0 Å². The third kappa shape index (κ3) is 3.38. The molecular weight excluding hydrogens is 198 g/mol. The number of carbonyl (C=O) groups excluding carboxylic acids is 1. The van der Waals surface area contributed by atoms with E-state index in [1.807, 2.05) is 0 Å². The fourth-order valence-electron chi connectivity index (χ4n) is 1.05. The Morgan fingerprint density at radius 3 is 2.80 bits per heavy atom. The van der Waals surface area contributed by atoms with Crippen LogP contribution in [0.25, 0.3) is 0 Å². The van der Waals surface area contributed by atoms with E-state index in [4.69, 9.17) is 9.84 Å². The highest BCUT2D eigenvalue weighted by atomic mass is 16.5. The first kappa shape index (κ1) is 11.2. The molecule has 1 heterocycles. The summed E-state index contributed by atoms with van der Waals surface area (Å²) in [4.78, 5) is 25.5. The molecule has 1 rings (SSSR count). The molecule has 15 heavy (non-hydrogen) atoms. The van der Waals surface area contributed by atoms with Gasteiger partial charge in [-0.15, -0.1) is 0 Å². The highest BCUT2D eigenvalue weighted by Crippen LogP contribution is 2.02. The van der Waals surface area contributed by atoms with Crippen molar-refractivity contribution in [3.63, 3.8) is 0 Å². The highest BCUT2D eigenvalue weighted by molar-refractivity contribution is 5.87. The molecule has 0 amide bonds. The Morgan fingerprint density at radius 2 is 2.20 bits per heavy atom. The molecular formula is C10H11NO4. The van der Waals surface area contributed by atoms with Crippen molar-refractivity contribution in [2.45, 2.75) is 13.3 Å². The second-order valence-electron chi connectivity index (χ2n) is 2.81. The van der Waals surface area contributed by atoms with Crippen LogP contribution < -0.4 is 0 Å². The van der Waals surface area contributed by atoms with Crippen molar-refractivity contribution < 1.29 is 19.4 Å². The first-order valence-corrected chi connectivity index (χ1v) is 4.48. The largest absolute Gasteiger partial charge is 0.481 e. The molecule has 0 bridgehead atoms. The van der Waals surface area contributed by atoms with Crippen LogP contribution in [0.15, 0.2) is 18.2 Å². The van der Waals surface area contributed by atoms with Crippen LogP contribution in [0, 0.1) is 0 Å². The van der Waals surface area contributed by atoms with Gasteiger partial charge in [0.2, 0.25) is 0 Å². The molecule has 1 aromatic rings. The lowest BCUT2D eigenvalue weighted by Gasteiger charge is -2.02. The van der Waals surface area contributed by atoms with Crippen LogP contribution in [0.1, 0.15) is 23.1 Å². The quantitative estimate of drug-likeness (QED) is 0.745. The van der Waals surface area contributed by atoms with Gasteiger partial charge in [0.05, 0.1) is 18.7 Å². The fraction of sp³-hybridized carbons (Fsp3) is 0.300. The number of carboxylic acids is 1. The lowest BCUT2D eigenvalue weighted by atomic mass is 10.2. The number of aromatic nitrogens is 1. The molecule has 0 radical (unpaired) electrons. The van der Waals surface area contributed by atoms with E-state index in [9.17, 15) is 9.59 Å². The smallest absolute Gasteiger partial charge is 0.356 e. The molecule has 0 atom stereocenters. The number of rotatable bonds is 4. The van der Waals surface area contributed by atoms with Gasteiger partial charge in [0.15, 0.2) is 0 Å². The first-order chi connectivity index (χ1) is 7.13. The number of hydrogen-bond donors (Lipinski definition) is 1. The zero-order valence-electron chi connectivity index (χ0n) is 8.27. The monoisotopic (exact) mass is 209 g/mol. The minimum Gasteiger partial charge on any atom is -0.481 e. The van der Waals surface area contributed by atoms with Crippen LogP contribution >= 0.6 is 0 Å². The van der Waals surface area contributed by atoms with Gasteiger partial charge in [-0.3, -0.25) is 4.79 Å². The molecule has 0 fully saturated rings. The maximum atomic E-state index is 11.3. The molecule has 0 saturated carbocycles.